The van der Waals surface area contributed by atoms with Crippen LogP contribution in [0.3, 0.4) is 0 Å². The van der Waals surface area contributed by atoms with E-state index < -0.39 is 5.41 Å². The number of rotatable bonds is 4. The van der Waals surface area contributed by atoms with Crippen molar-refractivity contribution >= 4 is 17.6 Å². The van der Waals surface area contributed by atoms with Gasteiger partial charge in [-0.1, -0.05) is 35.9 Å². The van der Waals surface area contributed by atoms with E-state index in [4.69, 9.17) is 16.3 Å². The summed E-state index contributed by atoms with van der Waals surface area (Å²) in [5.74, 6) is -0.362. The van der Waals surface area contributed by atoms with Gasteiger partial charge in [0, 0.05) is 5.02 Å². The first-order valence-corrected chi connectivity index (χ1v) is 8.14. The third kappa shape index (κ3) is 3.26. The first kappa shape index (κ1) is 16.0. The SMILES string of the molecule is O=C(OCC1(CO)CCCc2cc(Cl)ccc21)c1ccccc1. The zero-order valence-electron chi connectivity index (χ0n) is 12.8. The molecule has 3 nitrogen and oxygen atoms in total. The number of aliphatic hydroxyl groups excluding tert-OH is 1. The molecule has 0 fully saturated rings. The minimum Gasteiger partial charge on any atom is -0.461 e. The summed E-state index contributed by atoms with van der Waals surface area (Å²) in [4.78, 5) is 12.2. The van der Waals surface area contributed by atoms with E-state index >= 15 is 0 Å². The van der Waals surface area contributed by atoms with Crippen molar-refractivity contribution in [2.75, 3.05) is 13.2 Å². The summed E-state index contributed by atoms with van der Waals surface area (Å²) >= 11 is 6.07. The average Bonchev–Trinajstić information content (AvgIpc) is 2.60. The summed E-state index contributed by atoms with van der Waals surface area (Å²) in [6.45, 7) is 0.121. The van der Waals surface area contributed by atoms with E-state index in [1.165, 1.54) is 0 Å². The number of carbonyl (C=O) groups is 1. The van der Waals surface area contributed by atoms with Crippen molar-refractivity contribution in [1.82, 2.24) is 0 Å². The maximum Gasteiger partial charge on any atom is 0.338 e. The lowest BCUT2D eigenvalue weighted by Gasteiger charge is -2.37. The summed E-state index contributed by atoms with van der Waals surface area (Å²) in [6.07, 6.45) is 2.67. The van der Waals surface area contributed by atoms with Gasteiger partial charge in [-0.3, -0.25) is 0 Å². The van der Waals surface area contributed by atoms with E-state index in [2.05, 4.69) is 0 Å². The first-order chi connectivity index (χ1) is 11.1. The molecule has 0 saturated heterocycles. The van der Waals surface area contributed by atoms with E-state index in [9.17, 15) is 9.90 Å². The molecule has 0 radical (unpaired) electrons. The van der Waals surface area contributed by atoms with Crippen molar-refractivity contribution in [3.63, 3.8) is 0 Å². The molecule has 0 heterocycles. The predicted molar refractivity (Wildman–Crippen MR) is 89.9 cm³/mol. The molecule has 0 saturated carbocycles. The summed E-state index contributed by atoms with van der Waals surface area (Å²) in [5.41, 5.74) is 2.15. The largest absolute Gasteiger partial charge is 0.461 e. The monoisotopic (exact) mass is 330 g/mol. The second-order valence-corrected chi connectivity index (χ2v) is 6.47. The Balaban J connectivity index is 1.82. The molecule has 1 N–H and O–H groups in total. The zero-order valence-corrected chi connectivity index (χ0v) is 13.6. The number of hydrogen-bond donors (Lipinski definition) is 1. The fourth-order valence-electron chi connectivity index (χ4n) is 3.26. The Morgan fingerprint density at radius 2 is 2.00 bits per heavy atom. The predicted octanol–water partition coefficient (Wildman–Crippen LogP) is 3.76. The molecule has 2 aromatic carbocycles. The van der Waals surface area contributed by atoms with E-state index in [1.54, 1.807) is 24.3 Å². The van der Waals surface area contributed by atoms with Gasteiger partial charge >= 0.3 is 5.97 Å². The highest BCUT2D eigenvalue weighted by molar-refractivity contribution is 6.30. The quantitative estimate of drug-likeness (QED) is 0.868. The van der Waals surface area contributed by atoms with Crippen LogP contribution < -0.4 is 0 Å². The zero-order chi connectivity index (χ0) is 16.3. The molecule has 0 amide bonds. The fourth-order valence-corrected chi connectivity index (χ4v) is 3.45. The molecule has 1 aliphatic rings. The number of benzene rings is 2. The van der Waals surface area contributed by atoms with E-state index in [0.29, 0.717) is 10.6 Å². The highest BCUT2D eigenvalue weighted by atomic mass is 35.5. The van der Waals surface area contributed by atoms with Crippen LogP contribution in [0.5, 0.6) is 0 Å². The van der Waals surface area contributed by atoms with Crippen LogP contribution in [-0.2, 0) is 16.6 Å². The maximum absolute atomic E-state index is 12.2. The van der Waals surface area contributed by atoms with Crippen LogP contribution in [0, 0.1) is 0 Å². The molecular weight excluding hydrogens is 312 g/mol. The van der Waals surface area contributed by atoms with Gasteiger partial charge in [-0.05, 0) is 54.7 Å². The Hall–Kier alpha value is -1.84. The Kier molecular flexibility index (Phi) is 4.69. The molecule has 0 spiro atoms. The van der Waals surface area contributed by atoms with Crippen molar-refractivity contribution in [1.29, 1.82) is 0 Å². The minimum atomic E-state index is -0.539. The van der Waals surface area contributed by atoms with Crippen LogP contribution >= 0.6 is 11.6 Å². The Morgan fingerprint density at radius 3 is 2.74 bits per heavy atom. The number of carbonyl (C=O) groups excluding carboxylic acids is 1. The average molecular weight is 331 g/mol. The van der Waals surface area contributed by atoms with Gasteiger partial charge in [-0.25, -0.2) is 4.79 Å². The van der Waals surface area contributed by atoms with Gasteiger partial charge in [0.15, 0.2) is 0 Å². The molecule has 0 bridgehead atoms. The molecule has 1 unspecified atom stereocenters. The Bertz CT molecular complexity index is 699. The van der Waals surface area contributed by atoms with Crippen molar-refractivity contribution in [3.05, 3.63) is 70.2 Å². The summed E-state index contributed by atoms with van der Waals surface area (Å²) in [7, 11) is 0. The maximum atomic E-state index is 12.2. The molecule has 0 aromatic heterocycles. The summed E-state index contributed by atoms with van der Waals surface area (Å²) in [5, 5.41) is 10.7. The molecule has 3 rings (SSSR count). The van der Waals surface area contributed by atoms with Crippen LogP contribution in [0.4, 0.5) is 0 Å². The highest BCUT2D eigenvalue weighted by Crippen LogP contribution is 2.38. The molecule has 1 aliphatic carbocycles. The van der Waals surface area contributed by atoms with Gasteiger partial charge in [0.2, 0.25) is 0 Å². The Morgan fingerprint density at radius 1 is 1.22 bits per heavy atom. The van der Waals surface area contributed by atoms with Gasteiger partial charge < -0.3 is 9.84 Å². The fraction of sp³-hybridized carbons (Fsp3) is 0.316. The second-order valence-electron chi connectivity index (χ2n) is 6.04. The first-order valence-electron chi connectivity index (χ1n) is 7.77. The standard InChI is InChI=1S/C19H19ClO3/c20-16-8-9-17-15(11-16)7-4-10-19(17,12-21)13-23-18(22)14-5-2-1-3-6-14/h1-3,5-6,8-9,11,21H,4,7,10,12-13H2. The van der Waals surface area contributed by atoms with Gasteiger partial charge in [-0.15, -0.1) is 0 Å². The van der Waals surface area contributed by atoms with Gasteiger partial charge in [-0.2, -0.15) is 0 Å². The van der Waals surface area contributed by atoms with Crippen molar-refractivity contribution in [2.24, 2.45) is 0 Å². The van der Waals surface area contributed by atoms with Crippen molar-refractivity contribution in [3.8, 4) is 0 Å². The molecular formula is C19H19ClO3. The summed E-state index contributed by atoms with van der Waals surface area (Å²) < 4.78 is 5.52. The Labute approximate surface area is 140 Å². The van der Waals surface area contributed by atoms with Crippen molar-refractivity contribution in [2.45, 2.75) is 24.7 Å². The number of hydrogen-bond acceptors (Lipinski definition) is 3. The van der Waals surface area contributed by atoms with E-state index in [0.717, 1.165) is 30.4 Å². The molecule has 120 valence electrons. The second kappa shape index (κ2) is 6.73. The van der Waals surface area contributed by atoms with Crippen LogP contribution in [0.25, 0.3) is 0 Å². The third-order valence-electron chi connectivity index (χ3n) is 4.53. The number of fused-ring (bicyclic) bond motifs is 1. The van der Waals surface area contributed by atoms with Gasteiger partial charge in [0.25, 0.3) is 0 Å². The van der Waals surface area contributed by atoms with Crippen LogP contribution in [0.15, 0.2) is 48.5 Å². The number of esters is 1. The number of ether oxygens (including phenoxy) is 1. The van der Waals surface area contributed by atoms with Crippen LogP contribution in [0.2, 0.25) is 5.02 Å². The lowest BCUT2D eigenvalue weighted by Crippen LogP contribution is -2.40. The molecule has 0 aliphatic heterocycles. The number of aryl methyl sites for hydroxylation is 1. The number of halogens is 1. The van der Waals surface area contributed by atoms with Gasteiger partial charge in [0.1, 0.15) is 6.61 Å². The van der Waals surface area contributed by atoms with Crippen LogP contribution in [-0.4, -0.2) is 24.3 Å². The third-order valence-corrected chi connectivity index (χ3v) is 4.77. The molecule has 2 aromatic rings. The van der Waals surface area contributed by atoms with Crippen LogP contribution in [0.1, 0.15) is 34.3 Å². The van der Waals surface area contributed by atoms with Gasteiger partial charge in [0.05, 0.1) is 17.6 Å². The smallest absolute Gasteiger partial charge is 0.338 e. The van der Waals surface area contributed by atoms with E-state index in [-0.39, 0.29) is 19.2 Å². The number of aliphatic hydroxyl groups is 1. The highest BCUT2D eigenvalue weighted by Gasteiger charge is 2.37. The lowest BCUT2D eigenvalue weighted by molar-refractivity contribution is 0.0284. The normalized spacial score (nSPS) is 19.9. The van der Waals surface area contributed by atoms with Crippen molar-refractivity contribution < 1.29 is 14.6 Å². The minimum absolute atomic E-state index is 0.0519. The molecule has 1 atom stereocenters. The molecule has 4 heteroatoms. The van der Waals surface area contributed by atoms with E-state index in [1.807, 2.05) is 24.3 Å². The molecule has 23 heavy (non-hydrogen) atoms. The lowest BCUT2D eigenvalue weighted by atomic mass is 9.71. The summed E-state index contributed by atoms with van der Waals surface area (Å²) in [6, 6.07) is 14.6. The topological polar surface area (TPSA) is 46.5 Å².